The lowest BCUT2D eigenvalue weighted by Gasteiger charge is -2.11. The van der Waals surface area contributed by atoms with Crippen LogP contribution in [0.15, 0.2) is 22.7 Å². The van der Waals surface area contributed by atoms with E-state index in [4.69, 9.17) is 4.74 Å². The highest BCUT2D eigenvalue weighted by Crippen LogP contribution is 2.23. The van der Waals surface area contributed by atoms with Gasteiger partial charge in [-0.05, 0) is 32.2 Å². The normalized spacial score (nSPS) is 12.2. The van der Waals surface area contributed by atoms with Gasteiger partial charge in [0, 0.05) is 16.5 Å². The van der Waals surface area contributed by atoms with Crippen molar-refractivity contribution in [1.82, 2.24) is 5.32 Å². The van der Waals surface area contributed by atoms with Crippen LogP contribution in [-0.4, -0.2) is 26.0 Å². The minimum Gasteiger partial charge on any atom is -0.496 e. The summed E-state index contributed by atoms with van der Waals surface area (Å²) >= 11 is 3.39. The molecule has 0 aliphatic heterocycles. The van der Waals surface area contributed by atoms with Crippen molar-refractivity contribution in [3.63, 3.8) is 0 Å². The number of nitrogens with one attached hydrogen (secondary N) is 1. The first-order valence-corrected chi connectivity index (χ1v) is 5.90. The third-order valence-corrected chi connectivity index (χ3v) is 3.02. The van der Waals surface area contributed by atoms with Gasteiger partial charge in [0.2, 0.25) is 0 Å². The summed E-state index contributed by atoms with van der Waals surface area (Å²) in [6, 6.07) is 5.54. The fourth-order valence-electron chi connectivity index (χ4n) is 1.39. The maximum absolute atomic E-state index is 11.8. The minimum atomic E-state index is -0.135. The Kier molecular flexibility index (Phi) is 4.96. The quantitative estimate of drug-likeness (QED) is 0.901. The SMILES string of the molecule is CNC(C)C(=O)Cc1cc(Br)ccc1OC. The number of methoxy groups -OCH3 is 1. The van der Waals surface area contributed by atoms with E-state index in [2.05, 4.69) is 21.2 Å². The molecule has 0 aliphatic carbocycles. The fourth-order valence-corrected chi connectivity index (χ4v) is 1.80. The van der Waals surface area contributed by atoms with Gasteiger partial charge < -0.3 is 10.1 Å². The molecule has 1 unspecified atom stereocenters. The topological polar surface area (TPSA) is 38.3 Å². The van der Waals surface area contributed by atoms with E-state index in [0.717, 1.165) is 15.8 Å². The molecule has 0 saturated carbocycles. The van der Waals surface area contributed by atoms with Crippen molar-refractivity contribution < 1.29 is 9.53 Å². The van der Waals surface area contributed by atoms with Crippen LogP contribution in [0.4, 0.5) is 0 Å². The molecule has 1 aromatic rings. The number of carbonyl (C=O) groups is 1. The standard InChI is InChI=1S/C12H16BrNO2/c1-8(14-2)11(15)7-9-6-10(13)4-5-12(9)16-3/h4-6,8,14H,7H2,1-3H3. The third kappa shape index (κ3) is 3.32. The van der Waals surface area contributed by atoms with Crippen LogP contribution in [-0.2, 0) is 11.2 Å². The summed E-state index contributed by atoms with van der Waals surface area (Å²) in [6.07, 6.45) is 0.380. The van der Waals surface area contributed by atoms with Crippen LogP contribution >= 0.6 is 15.9 Å². The van der Waals surface area contributed by atoms with E-state index in [1.807, 2.05) is 25.1 Å². The highest BCUT2D eigenvalue weighted by atomic mass is 79.9. The molecular weight excluding hydrogens is 270 g/mol. The van der Waals surface area contributed by atoms with Gasteiger partial charge in [0.05, 0.1) is 13.2 Å². The molecule has 0 aliphatic rings. The largest absolute Gasteiger partial charge is 0.496 e. The Bertz CT molecular complexity index is 379. The van der Waals surface area contributed by atoms with E-state index in [0.29, 0.717) is 6.42 Å². The van der Waals surface area contributed by atoms with Crippen LogP contribution in [0.2, 0.25) is 0 Å². The number of rotatable bonds is 5. The Morgan fingerprint density at radius 1 is 1.56 bits per heavy atom. The Morgan fingerprint density at radius 3 is 2.81 bits per heavy atom. The highest BCUT2D eigenvalue weighted by molar-refractivity contribution is 9.10. The van der Waals surface area contributed by atoms with Crippen molar-refractivity contribution in [3.8, 4) is 5.75 Å². The van der Waals surface area contributed by atoms with Crippen molar-refractivity contribution in [2.75, 3.05) is 14.2 Å². The number of ketones is 1. The Labute approximate surface area is 104 Å². The molecule has 0 fully saturated rings. The van der Waals surface area contributed by atoms with E-state index >= 15 is 0 Å². The molecule has 16 heavy (non-hydrogen) atoms. The zero-order valence-corrected chi connectivity index (χ0v) is 11.3. The summed E-state index contributed by atoms with van der Waals surface area (Å²) in [7, 11) is 3.39. The molecule has 0 bridgehead atoms. The van der Waals surface area contributed by atoms with Crippen LogP contribution < -0.4 is 10.1 Å². The molecular formula is C12H16BrNO2. The first kappa shape index (κ1) is 13.2. The lowest BCUT2D eigenvalue weighted by Crippen LogP contribution is -2.31. The summed E-state index contributed by atoms with van der Waals surface area (Å²) in [4.78, 5) is 11.8. The van der Waals surface area contributed by atoms with Crippen molar-refractivity contribution in [3.05, 3.63) is 28.2 Å². The number of halogens is 1. The second-order valence-electron chi connectivity index (χ2n) is 3.61. The van der Waals surface area contributed by atoms with Crippen LogP contribution in [0.5, 0.6) is 5.75 Å². The zero-order chi connectivity index (χ0) is 12.1. The summed E-state index contributed by atoms with van der Waals surface area (Å²) in [5, 5.41) is 2.93. The van der Waals surface area contributed by atoms with Crippen LogP contribution in [0.3, 0.4) is 0 Å². The van der Waals surface area contributed by atoms with Gasteiger partial charge in [-0.1, -0.05) is 15.9 Å². The molecule has 4 heteroatoms. The lowest BCUT2D eigenvalue weighted by atomic mass is 10.0. The molecule has 0 heterocycles. The predicted octanol–water partition coefficient (Wildman–Crippen LogP) is 2.18. The van der Waals surface area contributed by atoms with Crippen molar-refractivity contribution in [2.24, 2.45) is 0 Å². The molecule has 0 aromatic heterocycles. The molecule has 88 valence electrons. The molecule has 1 N–H and O–H groups in total. The predicted molar refractivity (Wildman–Crippen MR) is 67.9 cm³/mol. The number of likely N-dealkylation sites (N-methyl/N-ethyl adjacent to an activating group) is 1. The smallest absolute Gasteiger partial charge is 0.153 e. The fraction of sp³-hybridized carbons (Fsp3) is 0.417. The van der Waals surface area contributed by atoms with E-state index in [1.165, 1.54) is 0 Å². The summed E-state index contributed by atoms with van der Waals surface area (Å²) < 4.78 is 6.17. The Balaban J connectivity index is 2.87. The van der Waals surface area contributed by atoms with Gasteiger partial charge in [-0.25, -0.2) is 0 Å². The van der Waals surface area contributed by atoms with Gasteiger partial charge in [-0.2, -0.15) is 0 Å². The Hall–Kier alpha value is -0.870. The zero-order valence-electron chi connectivity index (χ0n) is 9.71. The molecule has 1 aromatic carbocycles. The number of Topliss-reactive ketones (excluding diaryl/α,β-unsaturated/α-hetero) is 1. The number of carbonyl (C=O) groups excluding carboxylic acids is 1. The summed E-state index contributed by atoms with van der Waals surface area (Å²) in [5.41, 5.74) is 0.906. The van der Waals surface area contributed by atoms with E-state index in [-0.39, 0.29) is 11.8 Å². The number of ether oxygens (including phenoxy) is 1. The Morgan fingerprint density at radius 2 is 2.25 bits per heavy atom. The van der Waals surface area contributed by atoms with Gasteiger partial charge in [-0.15, -0.1) is 0 Å². The minimum absolute atomic E-state index is 0.135. The highest BCUT2D eigenvalue weighted by Gasteiger charge is 2.14. The molecule has 0 radical (unpaired) electrons. The molecule has 1 atom stereocenters. The molecule has 1 rings (SSSR count). The van der Waals surface area contributed by atoms with Gasteiger partial charge >= 0.3 is 0 Å². The van der Waals surface area contributed by atoms with Crippen LogP contribution in [0.1, 0.15) is 12.5 Å². The monoisotopic (exact) mass is 285 g/mol. The molecule has 0 spiro atoms. The van der Waals surface area contributed by atoms with Crippen molar-refractivity contribution in [2.45, 2.75) is 19.4 Å². The average Bonchev–Trinajstić information content (AvgIpc) is 2.28. The lowest BCUT2D eigenvalue weighted by molar-refractivity contribution is -0.119. The summed E-state index contributed by atoms with van der Waals surface area (Å²) in [6.45, 7) is 1.85. The summed E-state index contributed by atoms with van der Waals surface area (Å²) in [5.74, 6) is 0.902. The maximum Gasteiger partial charge on any atom is 0.153 e. The van der Waals surface area contributed by atoms with Crippen molar-refractivity contribution in [1.29, 1.82) is 0 Å². The van der Waals surface area contributed by atoms with E-state index in [9.17, 15) is 4.79 Å². The van der Waals surface area contributed by atoms with E-state index < -0.39 is 0 Å². The molecule has 0 saturated heterocycles. The average molecular weight is 286 g/mol. The maximum atomic E-state index is 11.8. The second-order valence-corrected chi connectivity index (χ2v) is 4.53. The van der Waals surface area contributed by atoms with E-state index in [1.54, 1.807) is 14.2 Å². The van der Waals surface area contributed by atoms with Gasteiger partial charge in [-0.3, -0.25) is 4.79 Å². The van der Waals surface area contributed by atoms with Gasteiger partial charge in [0.1, 0.15) is 5.75 Å². The first-order chi connectivity index (χ1) is 7.58. The van der Waals surface area contributed by atoms with Gasteiger partial charge in [0.25, 0.3) is 0 Å². The van der Waals surface area contributed by atoms with Crippen LogP contribution in [0, 0.1) is 0 Å². The third-order valence-electron chi connectivity index (χ3n) is 2.52. The number of hydrogen-bond acceptors (Lipinski definition) is 3. The van der Waals surface area contributed by atoms with Crippen molar-refractivity contribution >= 4 is 21.7 Å². The number of hydrogen-bond donors (Lipinski definition) is 1. The van der Waals surface area contributed by atoms with Gasteiger partial charge in [0.15, 0.2) is 5.78 Å². The molecule has 0 amide bonds. The first-order valence-electron chi connectivity index (χ1n) is 5.11. The number of benzene rings is 1. The van der Waals surface area contributed by atoms with Crippen LogP contribution in [0.25, 0.3) is 0 Å². The second kappa shape index (κ2) is 6.01. The molecule has 3 nitrogen and oxygen atoms in total.